The summed E-state index contributed by atoms with van der Waals surface area (Å²) >= 11 is 0.927. The molecule has 1 aromatic heterocycles. The van der Waals surface area contributed by atoms with Gasteiger partial charge in [-0.2, -0.15) is 13.2 Å². The lowest BCUT2D eigenvalue weighted by Crippen LogP contribution is -2.14. The number of aryl methyl sites for hydroxylation is 1. The van der Waals surface area contributed by atoms with Gasteiger partial charge in [0.25, 0.3) is 0 Å². The van der Waals surface area contributed by atoms with Crippen molar-refractivity contribution < 1.29 is 23.1 Å². The molecule has 0 fully saturated rings. The van der Waals surface area contributed by atoms with Crippen LogP contribution in [-0.2, 0) is 17.8 Å². The lowest BCUT2D eigenvalue weighted by Gasteiger charge is -2.12. The Bertz CT molecular complexity index is 418. The van der Waals surface area contributed by atoms with Gasteiger partial charge in [0.15, 0.2) is 5.16 Å². The smallest absolute Gasteiger partial charge is 0.390 e. The molecule has 8 heteroatoms. The van der Waals surface area contributed by atoms with E-state index in [0.29, 0.717) is 17.3 Å². The maximum absolute atomic E-state index is 12.2. The monoisotopic (exact) mass is 282 g/mol. The third-order valence-corrected chi connectivity index (χ3v) is 3.18. The quantitative estimate of drug-likeness (QED) is 0.815. The first-order chi connectivity index (χ1) is 8.33. The zero-order valence-electron chi connectivity index (χ0n) is 9.70. The third-order valence-electron chi connectivity index (χ3n) is 2.21. The standard InChI is InChI=1S/C10H13F3N2O2S/c1-2-7-5-14-9(18-6-8(16)17)15(7)4-3-10(11,12)13/h5H,2-4,6H2,1H3,(H,16,17). The lowest BCUT2D eigenvalue weighted by molar-refractivity contribution is -0.137. The second kappa shape index (κ2) is 6.12. The van der Waals surface area contributed by atoms with Crippen molar-refractivity contribution in [3.8, 4) is 0 Å². The van der Waals surface area contributed by atoms with Crippen LogP contribution in [0.2, 0.25) is 0 Å². The molecule has 1 N–H and O–H groups in total. The normalized spacial score (nSPS) is 11.8. The van der Waals surface area contributed by atoms with E-state index in [1.54, 1.807) is 0 Å². The molecule has 0 spiro atoms. The molecule has 0 saturated carbocycles. The Morgan fingerprint density at radius 3 is 2.72 bits per heavy atom. The number of hydrogen-bond donors (Lipinski definition) is 1. The van der Waals surface area contributed by atoms with Crippen LogP contribution in [0.1, 0.15) is 19.0 Å². The molecule has 102 valence electrons. The number of aliphatic carboxylic acids is 1. The number of carbonyl (C=O) groups is 1. The summed E-state index contributed by atoms with van der Waals surface area (Å²) in [7, 11) is 0. The molecule has 1 aromatic rings. The van der Waals surface area contributed by atoms with Crippen molar-refractivity contribution in [2.24, 2.45) is 0 Å². The number of alkyl halides is 3. The van der Waals surface area contributed by atoms with Gasteiger partial charge >= 0.3 is 12.1 Å². The maximum atomic E-state index is 12.2. The molecule has 4 nitrogen and oxygen atoms in total. The predicted octanol–water partition coefficient (Wildman–Crippen LogP) is 2.57. The van der Waals surface area contributed by atoms with E-state index in [1.807, 2.05) is 6.92 Å². The summed E-state index contributed by atoms with van der Waals surface area (Å²) in [5, 5.41) is 8.87. The first kappa shape index (κ1) is 14.9. The Morgan fingerprint density at radius 2 is 2.22 bits per heavy atom. The van der Waals surface area contributed by atoms with Gasteiger partial charge in [0.1, 0.15) is 0 Å². The highest BCUT2D eigenvalue weighted by atomic mass is 32.2. The largest absolute Gasteiger partial charge is 0.481 e. The van der Waals surface area contributed by atoms with Crippen LogP contribution in [0.15, 0.2) is 11.4 Å². The van der Waals surface area contributed by atoms with Gasteiger partial charge in [0.05, 0.1) is 12.2 Å². The number of carboxylic acids is 1. The van der Waals surface area contributed by atoms with Crippen LogP contribution in [0.3, 0.4) is 0 Å². The second-order valence-corrected chi connectivity index (χ2v) is 4.53. The molecule has 1 heterocycles. The van der Waals surface area contributed by atoms with Crippen molar-refractivity contribution in [3.63, 3.8) is 0 Å². The molecule has 0 amide bonds. The molecule has 0 aliphatic heterocycles. The number of thioether (sulfide) groups is 1. The van der Waals surface area contributed by atoms with Crippen LogP contribution in [0.5, 0.6) is 0 Å². The van der Waals surface area contributed by atoms with Gasteiger partial charge in [-0.15, -0.1) is 0 Å². The van der Waals surface area contributed by atoms with Crippen molar-refractivity contribution in [2.45, 2.75) is 37.6 Å². The van der Waals surface area contributed by atoms with E-state index in [1.165, 1.54) is 10.8 Å². The average Bonchev–Trinajstić information content (AvgIpc) is 2.64. The topological polar surface area (TPSA) is 55.1 Å². The predicted molar refractivity (Wildman–Crippen MR) is 60.6 cm³/mol. The number of carboxylic acid groups (broad SMARTS) is 1. The van der Waals surface area contributed by atoms with E-state index >= 15 is 0 Å². The Hall–Kier alpha value is -1.18. The SMILES string of the molecule is CCc1cnc(SCC(=O)O)n1CCC(F)(F)F. The fraction of sp³-hybridized carbons (Fsp3) is 0.600. The van der Waals surface area contributed by atoms with E-state index in [-0.39, 0.29) is 12.3 Å². The second-order valence-electron chi connectivity index (χ2n) is 3.58. The van der Waals surface area contributed by atoms with Crippen LogP contribution < -0.4 is 0 Å². The Kier molecular flexibility index (Phi) is 5.06. The van der Waals surface area contributed by atoms with Crippen molar-refractivity contribution in [3.05, 3.63) is 11.9 Å². The summed E-state index contributed by atoms with van der Waals surface area (Å²) < 4.78 is 38.0. The minimum Gasteiger partial charge on any atom is -0.481 e. The highest BCUT2D eigenvalue weighted by Crippen LogP contribution is 2.24. The number of nitrogens with zero attached hydrogens (tertiary/aromatic N) is 2. The first-order valence-electron chi connectivity index (χ1n) is 5.29. The van der Waals surface area contributed by atoms with Gasteiger partial charge in [-0.25, -0.2) is 4.98 Å². The molecular formula is C10H13F3N2O2S. The van der Waals surface area contributed by atoms with Gasteiger partial charge in [0.2, 0.25) is 0 Å². The van der Waals surface area contributed by atoms with Crippen LogP contribution in [0.4, 0.5) is 13.2 Å². The van der Waals surface area contributed by atoms with Crippen LogP contribution in [0, 0.1) is 0 Å². The summed E-state index contributed by atoms with van der Waals surface area (Å²) in [6, 6.07) is 0. The Balaban J connectivity index is 2.78. The molecule has 0 atom stereocenters. The van der Waals surface area contributed by atoms with E-state index in [0.717, 1.165) is 11.8 Å². The summed E-state index contributed by atoms with van der Waals surface area (Å²) in [6.45, 7) is 1.58. The van der Waals surface area contributed by atoms with E-state index in [9.17, 15) is 18.0 Å². The highest BCUT2D eigenvalue weighted by molar-refractivity contribution is 7.99. The molecule has 0 bridgehead atoms. The molecule has 0 aliphatic carbocycles. The number of imidazole rings is 1. The fourth-order valence-electron chi connectivity index (χ4n) is 1.39. The number of aromatic nitrogens is 2. The van der Waals surface area contributed by atoms with Crippen molar-refractivity contribution >= 4 is 17.7 Å². The first-order valence-corrected chi connectivity index (χ1v) is 6.27. The summed E-state index contributed by atoms with van der Waals surface area (Å²) in [4.78, 5) is 14.4. The minimum atomic E-state index is -4.23. The molecule has 0 unspecified atom stereocenters. The molecule has 0 saturated heterocycles. The molecule has 0 aromatic carbocycles. The Labute approximate surface area is 106 Å². The van der Waals surface area contributed by atoms with Gasteiger partial charge < -0.3 is 9.67 Å². The summed E-state index contributed by atoms with van der Waals surface area (Å²) in [5.74, 6) is -1.24. The van der Waals surface area contributed by atoms with E-state index in [4.69, 9.17) is 5.11 Å². The number of halogens is 3. The molecular weight excluding hydrogens is 269 g/mol. The van der Waals surface area contributed by atoms with E-state index in [2.05, 4.69) is 4.98 Å². The van der Waals surface area contributed by atoms with Crippen LogP contribution >= 0.6 is 11.8 Å². The summed E-state index contributed by atoms with van der Waals surface area (Å²) in [5.41, 5.74) is 0.673. The molecule has 1 rings (SSSR count). The zero-order valence-corrected chi connectivity index (χ0v) is 10.5. The summed E-state index contributed by atoms with van der Waals surface area (Å²) in [6.07, 6.45) is -3.14. The van der Waals surface area contributed by atoms with Gasteiger partial charge in [-0.1, -0.05) is 18.7 Å². The van der Waals surface area contributed by atoms with Crippen molar-refractivity contribution in [2.75, 3.05) is 5.75 Å². The van der Waals surface area contributed by atoms with Crippen LogP contribution in [-0.4, -0.2) is 32.6 Å². The maximum Gasteiger partial charge on any atom is 0.390 e. The molecule has 0 aliphatic rings. The van der Waals surface area contributed by atoms with Crippen LogP contribution in [0.25, 0.3) is 0 Å². The Morgan fingerprint density at radius 1 is 1.56 bits per heavy atom. The lowest BCUT2D eigenvalue weighted by atomic mass is 10.3. The highest BCUT2D eigenvalue weighted by Gasteiger charge is 2.27. The zero-order chi connectivity index (χ0) is 13.8. The number of rotatable bonds is 6. The number of hydrogen-bond acceptors (Lipinski definition) is 3. The third kappa shape index (κ3) is 4.59. The van der Waals surface area contributed by atoms with Gasteiger partial charge in [-0.3, -0.25) is 4.79 Å². The fourth-order valence-corrected chi connectivity index (χ4v) is 2.14. The molecule has 0 radical (unpaired) electrons. The molecule has 18 heavy (non-hydrogen) atoms. The average molecular weight is 282 g/mol. The van der Waals surface area contributed by atoms with E-state index < -0.39 is 18.6 Å². The van der Waals surface area contributed by atoms with Gasteiger partial charge in [-0.05, 0) is 6.42 Å². The van der Waals surface area contributed by atoms with Crippen molar-refractivity contribution in [1.82, 2.24) is 9.55 Å². The minimum absolute atomic E-state index is 0.216. The van der Waals surface area contributed by atoms with Gasteiger partial charge in [0, 0.05) is 18.4 Å². The van der Waals surface area contributed by atoms with Crippen molar-refractivity contribution in [1.29, 1.82) is 0 Å².